The first-order valence-corrected chi connectivity index (χ1v) is 11.9. The number of nitrogens with zero attached hydrogens (tertiary/aromatic N) is 4. The lowest BCUT2D eigenvalue weighted by atomic mass is 9.95. The molecule has 2 bridgehead atoms. The van der Waals surface area contributed by atoms with Gasteiger partial charge in [0.05, 0.1) is 59.2 Å². The molecule has 0 radical (unpaired) electrons. The molecule has 2 aliphatic rings. The number of nitrogens with one attached hydrogen (secondary N) is 1. The van der Waals surface area contributed by atoms with E-state index in [1.54, 1.807) is 12.1 Å². The largest absolute Gasteiger partial charge is 0.494 e. The first kappa shape index (κ1) is 24.7. The number of pyridine rings is 3. The molecule has 200 valence electrons. The maximum Gasteiger partial charge on any atom is 0.433 e. The number of hydrogen-bond donors (Lipinski definition) is 3. The molecule has 3 N–H and O–H groups in total. The molecule has 1 fully saturated rings. The molecule has 0 spiro atoms. The fourth-order valence-electron chi connectivity index (χ4n) is 4.74. The number of aromatic nitrogens is 4. The van der Waals surface area contributed by atoms with Crippen LogP contribution < -0.4 is 10.1 Å². The predicted molar refractivity (Wildman–Crippen MR) is 128 cm³/mol. The Morgan fingerprint density at radius 2 is 1.72 bits per heavy atom. The topological polar surface area (TPSA) is 132 Å². The summed E-state index contributed by atoms with van der Waals surface area (Å²) in [4.78, 5) is 24.3. The Bertz CT molecular complexity index is 1500. The molecule has 1 amide bonds. The van der Waals surface area contributed by atoms with Crippen molar-refractivity contribution in [1.82, 2.24) is 19.5 Å². The van der Waals surface area contributed by atoms with Gasteiger partial charge in [-0.3, -0.25) is 14.3 Å². The highest BCUT2D eigenvalue weighted by Gasteiger charge is 2.45. The Labute approximate surface area is 218 Å². The first-order valence-electron chi connectivity index (χ1n) is 11.9. The zero-order valence-corrected chi connectivity index (χ0v) is 20.0. The molecule has 4 aromatic heterocycles. The highest BCUT2D eigenvalue weighted by atomic mass is 19.4. The minimum absolute atomic E-state index is 0.0344. The molecule has 6 rings (SSSR count). The minimum Gasteiger partial charge on any atom is -0.494 e. The zero-order chi connectivity index (χ0) is 27.3. The number of halogens is 3. The highest BCUT2D eigenvalue weighted by Crippen LogP contribution is 2.57. The number of ether oxygens (including phenoxy) is 2. The molecule has 0 saturated carbocycles. The van der Waals surface area contributed by atoms with Crippen molar-refractivity contribution in [2.24, 2.45) is 0 Å². The van der Waals surface area contributed by atoms with Gasteiger partial charge in [-0.2, -0.15) is 13.2 Å². The Kier molecular flexibility index (Phi) is 5.87. The molecule has 4 aromatic rings. The van der Waals surface area contributed by atoms with Gasteiger partial charge in [-0.25, -0.2) is 9.97 Å². The maximum atomic E-state index is 12.6. The molecule has 2 aliphatic heterocycles. The number of carbonyl (C=O) groups excluding carboxylic acids is 1. The average Bonchev–Trinajstić information content (AvgIpc) is 3.60. The van der Waals surface area contributed by atoms with Crippen molar-refractivity contribution < 1.29 is 37.7 Å². The van der Waals surface area contributed by atoms with E-state index in [0.29, 0.717) is 22.5 Å². The molecule has 2 unspecified atom stereocenters. The van der Waals surface area contributed by atoms with Crippen molar-refractivity contribution in [2.75, 3.05) is 5.32 Å². The van der Waals surface area contributed by atoms with Crippen LogP contribution in [0.5, 0.6) is 23.4 Å². The molecule has 1 saturated heterocycles. The molecule has 2 atom stereocenters. The van der Waals surface area contributed by atoms with Crippen LogP contribution in [-0.2, 0) is 17.5 Å². The van der Waals surface area contributed by atoms with Crippen molar-refractivity contribution in [3.63, 3.8) is 0 Å². The van der Waals surface area contributed by atoms with Crippen LogP contribution in [0.4, 0.5) is 18.9 Å². The van der Waals surface area contributed by atoms with E-state index in [2.05, 4.69) is 20.3 Å². The monoisotopic (exact) mass is 539 g/mol. The van der Waals surface area contributed by atoms with Crippen LogP contribution in [0.25, 0.3) is 0 Å². The summed E-state index contributed by atoms with van der Waals surface area (Å²) in [7, 11) is 0. The SMILES string of the molecule is O=C(Nc1ccc(Oc2ccc(C(F)(F)F)nc2)nc1)c1ccc(Cn2c(O)c3c(c2O)C2CCC3O2)nc1. The van der Waals surface area contributed by atoms with Crippen LogP contribution in [0, 0.1) is 0 Å². The Morgan fingerprint density at radius 1 is 0.974 bits per heavy atom. The van der Waals surface area contributed by atoms with Crippen LogP contribution in [0.1, 0.15) is 57.9 Å². The molecular weight excluding hydrogens is 519 g/mol. The van der Waals surface area contributed by atoms with E-state index in [1.807, 2.05) is 0 Å². The van der Waals surface area contributed by atoms with Crippen molar-refractivity contribution in [2.45, 2.75) is 37.8 Å². The summed E-state index contributed by atoms with van der Waals surface area (Å²) in [6, 6.07) is 8.09. The summed E-state index contributed by atoms with van der Waals surface area (Å²) in [6.45, 7) is 0.117. The van der Waals surface area contributed by atoms with Gasteiger partial charge in [-0.05, 0) is 43.2 Å². The number of fused-ring (bicyclic) bond motifs is 5. The first-order chi connectivity index (χ1) is 18.7. The second-order valence-electron chi connectivity index (χ2n) is 9.11. The lowest BCUT2D eigenvalue weighted by Gasteiger charge is -2.10. The van der Waals surface area contributed by atoms with Crippen LogP contribution in [0.3, 0.4) is 0 Å². The summed E-state index contributed by atoms with van der Waals surface area (Å²) in [6.07, 6.45) is 0.321. The van der Waals surface area contributed by atoms with E-state index < -0.39 is 17.8 Å². The standard InChI is InChI=1S/C26H20F3N5O5/c27-26(28,29)19-7-4-16(11-31-19)38-20-8-3-14(10-32-20)33-23(35)13-1-2-15(30-9-13)12-34-24(36)21-17-5-6-18(39-17)22(21)25(34)37/h1-4,7-11,17-18,36-37H,5-6,12H2,(H,33,35). The number of alkyl halides is 3. The van der Waals surface area contributed by atoms with Gasteiger partial charge in [0, 0.05) is 12.3 Å². The smallest absolute Gasteiger partial charge is 0.433 e. The summed E-state index contributed by atoms with van der Waals surface area (Å²) >= 11 is 0. The third-order valence-corrected chi connectivity index (χ3v) is 6.60. The number of hydrogen-bond acceptors (Lipinski definition) is 8. The lowest BCUT2D eigenvalue weighted by molar-refractivity contribution is -0.141. The zero-order valence-electron chi connectivity index (χ0n) is 20.0. The van der Waals surface area contributed by atoms with Crippen LogP contribution >= 0.6 is 0 Å². The van der Waals surface area contributed by atoms with Crippen molar-refractivity contribution in [3.05, 3.63) is 83.1 Å². The summed E-state index contributed by atoms with van der Waals surface area (Å²) in [5, 5.41) is 23.9. The summed E-state index contributed by atoms with van der Waals surface area (Å²) < 4.78 is 50.4. The molecule has 10 nitrogen and oxygen atoms in total. The van der Waals surface area contributed by atoms with E-state index >= 15 is 0 Å². The van der Waals surface area contributed by atoms with Crippen LogP contribution in [0.15, 0.2) is 55.0 Å². The van der Waals surface area contributed by atoms with E-state index in [1.165, 1.54) is 29.1 Å². The van der Waals surface area contributed by atoms with E-state index in [4.69, 9.17) is 9.47 Å². The molecule has 13 heteroatoms. The summed E-state index contributed by atoms with van der Waals surface area (Å²) in [5.41, 5.74) is 1.40. The number of anilines is 1. The van der Waals surface area contributed by atoms with E-state index in [9.17, 15) is 28.2 Å². The van der Waals surface area contributed by atoms with Gasteiger partial charge in [0.2, 0.25) is 17.6 Å². The normalized spacial score (nSPS) is 17.7. The molecule has 39 heavy (non-hydrogen) atoms. The summed E-state index contributed by atoms with van der Waals surface area (Å²) in [5.74, 6) is -0.343. The molecular formula is C26H20F3N5O5. The van der Waals surface area contributed by atoms with Crippen LogP contribution in [-0.4, -0.2) is 35.6 Å². The van der Waals surface area contributed by atoms with E-state index in [0.717, 1.165) is 31.2 Å². The Balaban J connectivity index is 1.07. The van der Waals surface area contributed by atoms with E-state index in [-0.39, 0.29) is 47.7 Å². The quantitative estimate of drug-likeness (QED) is 0.308. The van der Waals surface area contributed by atoms with Crippen molar-refractivity contribution in [1.29, 1.82) is 0 Å². The fourth-order valence-corrected chi connectivity index (χ4v) is 4.74. The number of rotatable bonds is 6. The molecule has 6 heterocycles. The second-order valence-corrected chi connectivity index (χ2v) is 9.11. The number of aromatic hydroxyl groups is 2. The van der Waals surface area contributed by atoms with Gasteiger partial charge in [-0.1, -0.05) is 0 Å². The Hall–Kier alpha value is -4.65. The third kappa shape index (κ3) is 4.61. The molecule has 0 aliphatic carbocycles. The maximum absolute atomic E-state index is 12.6. The number of carbonyl (C=O) groups is 1. The lowest BCUT2D eigenvalue weighted by Crippen LogP contribution is -2.13. The van der Waals surface area contributed by atoms with Gasteiger partial charge >= 0.3 is 6.18 Å². The second kappa shape index (κ2) is 9.27. The van der Waals surface area contributed by atoms with Gasteiger partial charge in [0.1, 0.15) is 11.4 Å². The number of amides is 1. The third-order valence-electron chi connectivity index (χ3n) is 6.60. The van der Waals surface area contributed by atoms with Crippen molar-refractivity contribution in [3.8, 4) is 23.4 Å². The van der Waals surface area contributed by atoms with Crippen molar-refractivity contribution >= 4 is 11.6 Å². The fraction of sp³-hybridized carbons (Fsp3) is 0.231. The van der Waals surface area contributed by atoms with Crippen LogP contribution in [0.2, 0.25) is 0 Å². The average molecular weight is 539 g/mol. The minimum atomic E-state index is -4.55. The van der Waals surface area contributed by atoms with Gasteiger partial charge < -0.3 is 25.0 Å². The van der Waals surface area contributed by atoms with Gasteiger partial charge in [0.15, 0.2) is 0 Å². The molecule has 0 aromatic carbocycles. The Morgan fingerprint density at radius 3 is 2.28 bits per heavy atom. The van der Waals surface area contributed by atoms with Gasteiger partial charge in [0.25, 0.3) is 5.91 Å². The van der Waals surface area contributed by atoms with Gasteiger partial charge in [-0.15, -0.1) is 0 Å². The highest BCUT2D eigenvalue weighted by molar-refractivity contribution is 6.03. The predicted octanol–water partition coefficient (Wildman–Crippen LogP) is 5.10.